The van der Waals surface area contributed by atoms with Gasteiger partial charge in [0.2, 0.25) is 0 Å². The van der Waals surface area contributed by atoms with Crippen LogP contribution in [0.3, 0.4) is 0 Å². The Balaban J connectivity index is 1.67. The molecular formula is C11H18N4OS. The first-order valence-corrected chi connectivity index (χ1v) is 7.13. The third-order valence-electron chi connectivity index (χ3n) is 3.50. The van der Waals surface area contributed by atoms with E-state index in [1.54, 1.807) is 11.9 Å². The normalized spacial score (nSPS) is 29.5. The SMILES string of the molecule is CSn1cc2c(n1)CN(C1COCC(N)C1)C2. The quantitative estimate of drug-likeness (QED) is 0.830. The molecule has 0 amide bonds. The first-order chi connectivity index (χ1) is 8.26. The number of nitrogens with two attached hydrogens (primary N) is 1. The van der Waals surface area contributed by atoms with Crippen LogP contribution >= 0.6 is 11.9 Å². The zero-order valence-electron chi connectivity index (χ0n) is 10.0. The van der Waals surface area contributed by atoms with Crippen molar-refractivity contribution in [1.29, 1.82) is 0 Å². The number of aromatic nitrogens is 2. The fraction of sp³-hybridized carbons (Fsp3) is 0.727. The molecule has 1 aromatic rings. The Morgan fingerprint density at radius 1 is 1.47 bits per heavy atom. The standard InChI is InChI=1S/C11H18N4OS/c1-17-15-4-8-3-14(5-11(8)13-15)10-2-9(12)6-16-7-10/h4,9-10H,2-3,5-7,12H2,1H3. The molecule has 0 aromatic carbocycles. The van der Waals surface area contributed by atoms with Crippen molar-refractivity contribution in [3.05, 3.63) is 17.5 Å². The van der Waals surface area contributed by atoms with E-state index in [2.05, 4.69) is 16.2 Å². The molecule has 2 aliphatic heterocycles. The summed E-state index contributed by atoms with van der Waals surface area (Å²) in [5.74, 6) is 0. The molecule has 6 heteroatoms. The minimum Gasteiger partial charge on any atom is -0.378 e. The van der Waals surface area contributed by atoms with E-state index in [-0.39, 0.29) is 6.04 Å². The highest BCUT2D eigenvalue weighted by atomic mass is 32.2. The second-order valence-electron chi connectivity index (χ2n) is 4.78. The van der Waals surface area contributed by atoms with Crippen molar-refractivity contribution in [2.24, 2.45) is 5.73 Å². The van der Waals surface area contributed by atoms with Crippen molar-refractivity contribution in [3.63, 3.8) is 0 Å². The largest absolute Gasteiger partial charge is 0.378 e. The molecule has 2 aliphatic rings. The molecule has 1 saturated heterocycles. The molecule has 3 heterocycles. The van der Waals surface area contributed by atoms with Crippen molar-refractivity contribution in [3.8, 4) is 0 Å². The Hall–Kier alpha value is -0.560. The molecule has 0 aliphatic carbocycles. The van der Waals surface area contributed by atoms with Crippen LogP contribution in [0, 0.1) is 0 Å². The Labute approximate surface area is 105 Å². The second kappa shape index (κ2) is 4.61. The first kappa shape index (κ1) is 11.5. The summed E-state index contributed by atoms with van der Waals surface area (Å²) in [6, 6.07) is 0.642. The summed E-state index contributed by atoms with van der Waals surface area (Å²) in [7, 11) is 0. The number of hydrogen-bond donors (Lipinski definition) is 1. The van der Waals surface area contributed by atoms with E-state index in [0.29, 0.717) is 12.6 Å². The molecule has 0 radical (unpaired) electrons. The van der Waals surface area contributed by atoms with E-state index >= 15 is 0 Å². The first-order valence-electron chi connectivity index (χ1n) is 5.95. The van der Waals surface area contributed by atoms with Crippen molar-refractivity contribution >= 4 is 11.9 Å². The number of ether oxygens (including phenoxy) is 1. The molecule has 0 saturated carbocycles. The molecule has 1 aromatic heterocycles. The van der Waals surface area contributed by atoms with Gasteiger partial charge >= 0.3 is 0 Å². The van der Waals surface area contributed by atoms with Crippen LogP contribution in [0.25, 0.3) is 0 Å². The molecule has 17 heavy (non-hydrogen) atoms. The highest BCUT2D eigenvalue weighted by molar-refractivity contribution is 7.97. The van der Waals surface area contributed by atoms with Gasteiger partial charge in [-0.2, -0.15) is 5.10 Å². The lowest BCUT2D eigenvalue weighted by Crippen LogP contribution is -2.46. The number of fused-ring (bicyclic) bond motifs is 1. The van der Waals surface area contributed by atoms with Gasteiger partial charge in [0.1, 0.15) is 0 Å². The maximum absolute atomic E-state index is 5.94. The summed E-state index contributed by atoms with van der Waals surface area (Å²) in [6.07, 6.45) is 5.20. The van der Waals surface area contributed by atoms with Gasteiger partial charge in [-0.15, -0.1) is 0 Å². The van der Waals surface area contributed by atoms with E-state index in [4.69, 9.17) is 10.5 Å². The average molecular weight is 254 g/mol. The van der Waals surface area contributed by atoms with Crippen LogP contribution in [0.2, 0.25) is 0 Å². The summed E-state index contributed by atoms with van der Waals surface area (Å²) in [6.45, 7) is 3.43. The third kappa shape index (κ3) is 2.22. The molecule has 2 N–H and O–H groups in total. The van der Waals surface area contributed by atoms with E-state index in [9.17, 15) is 0 Å². The Kier molecular flexibility index (Phi) is 3.12. The van der Waals surface area contributed by atoms with Gasteiger partial charge < -0.3 is 10.5 Å². The van der Waals surface area contributed by atoms with Gasteiger partial charge in [-0.05, 0) is 18.4 Å². The van der Waals surface area contributed by atoms with Crippen molar-refractivity contribution < 1.29 is 4.74 Å². The van der Waals surface area contributed by atoms with E-state index in [0.717, 1.165) is 26.1 Å². The Morgan fingerprint density at radius 3 is 3.06 bits per heavy atom. The van der Waals surface area contributed by atoms with E-state index < -0.39 is 0 Å². The smallest absolute Gasteiger partial charge is 0.0820 e. The van der Waals surface area contributed by atoms with Crippen molar-refractivity contribution in [1.82, 2.24) is 14.1 Å². The molecular weight excluding hydrogens is 236 g/mol. The van der Waals surface area contributed by atoms with Crippen LogP contribution in [0.5, 0.6) is 0 Å². The monoisotopic (exact) mass is 254 g/mol. The minimum absolute atomic E-state index is 0.188. The van der Waals surface area contributed by atoms with Crippen LogP contribution in [0.1, 0.15) is 17.7 Å². The summed E-state index contributed by atoms with van der Waals surface area (Å²) in [5.41, 5.74) is 8.50. The zero-order chi connectivity index (χ0) is 11.8. The Bertz CT molecular complexity index is 385. The summed E-state index contributed by atoms with van der Waals surface area (Å²) in [5, 5.41) is 4.54. The number of nitrogens with zero attached hydrogens (tertiary/aromatic N) is 3. The lowest BCUT2D eigenvalue weighted by Gasteiger charge is -2.33. The lowest BCUT2D eigenvalue weighted by atomic mass is 10.1. The summed E-state index contributed by atoms with van der Waals surface area (Å²) < 4.78 is 7.47. The van der Waals surface area contributed by atoms with Gasteiger partial charge in [0.05, 0.1) is 18.9 Å². The topological polar surface area (TPSA) is 56.3 Å². The van der Waals surface area contributed by atoms with Gasteiger partial charge in [-0.3, -0.25) is 4.90 Å². The van der Waals surface area contributed by atoms with Gasteiger partial charge in [0.25, 0.3) is 0 Å². The second-order valence-corrected chi connectivity index (χ2v) is 5.52. The van der Waals surface area contributed by atoms with E-state index in [1.807, 2.05) is 10.3 Å². The molecule has 1 fully saturated rings. The van der Waals surface area contributed by atoms with Gasteiger partial charge in [0.15, 0.2) is 0 Å². The fourth-order valence-corrected chi connectivity index (χ4v) is 3.01. The highest BCUT2D eigenvalue weighted by Gasteiger charge is 2.31. The molecule has 94 valence electrons. The predicted octanol–water partition coefficient (Wildman–Crippen LogP) is 0.441. The molecule has 2 atom stereocenters. The maximum Gasteiger partial charge on any atom is 0.0820 e. The number of hydrogen-bond acceptors (Lipinski definition) is 5. The zero-order valence-corrected chi connectivity index (χ0v) is 10.8. The van der Waals surface area contributed by atoms with Crippen LogP contribution in [0.4, 0.5) is 0 Å². The Morgan fingerprint density at radius 2 is 2.35 bits per heavy atom. The fourth-order valence-electron chi connectivity index (χ4n) is 2.60. The molecule has 0 bridgehead atoms. The molecule has 0 spiro atoms. The van der Waals surface area contributed by atoms with Gasteiger partial charge in [-0.25, -0.2) is 4.09 Å². The minimum atomic E-state index is 0.188. The van der Waals surface area contributed by atoms with Crippen LogP contribution in [-0.4, -0.2) is 45.6 Å². The van der Waals surface area contributed by atoms with Gasteiger partial charge in [0, 0.05) is 43.2 Å². The summed E-state index contributed by atoms with van der Waals surface area (Å²) in [4.78, 5) is 2.43. The van der Waals surface area contributed by atoms with Crippen molar-refractivity contribution in [2.75, 3.05) is 19.5 Å². The molecule has 3 rings (SSSR count). The average Bonchev–Trinajstić information content (AvgIpc) is 2.86. The third-order valence-corrected chi connectivity index (χ3v) is 4.06. The van der Waals surface area contributed by atoms with Crippen LogP contribution in [-0.2, 0) is 17.8 Å². The maximum atomic E-state index is 5.94. The summed E-state index contributed by atoms with van der Waals surface area (Å²) >= 11 is 1.63. The number of rotatable bonds is 2. The van der Waals surface area contributed by atoms with Crippen molar-refractivity contribution in [2.45, 2.75) is 31.6 Å². The molecule has 5 nitrogen and oxygen atoms in total. The van der Waals surface area contributed by atoms with Crippen LogP contribution < -0.4 is 5.73 Å². The van der Waals surface area contributed by atoms with E-state index in [1.165, 1.54) is 11.3 Å². The lowest BCUT2D eigenvalue weighted by molar-refractivity contribution is 0.00508. The highest BCUT2D eigenvalue weighted by Crippen LogP contribution is 2.27. The van der Waals surface area contributed by atoms with Crippen LogP contribution in [0.15, 0.2) is 6.20 Å². The van der Waals surface area contributed by atoms with Gasteiger partial charge in [-0.1, -0.05) is 0 Å². The molecule has 2 unspecified atom stereocenters. The predicted molar refractivity (Wildman–Crippen MR) is 67.6 cm³/mol.